The number of likely N-dealkylation sites (tertiary alicyclic amines) is 1. The second-order valence-corrected chi connectivity index (χ2v) is 4.71. The quantitative estimate of drug-likeness (QED) is 0.812. The molecule has 3 rings (SSSR count). The third kappa shape index (κ3) is 2.01. The molecule has 0 spiro atoms. The maximum atomic E-state index is 11.7. The van der Waals surface area contributed by atoms with Crippen molar-refractivity contribution in [3.8, 4) is 0 Å². The zero-order chi connectivity index (χ0) is 13.6. The Bertz CT molecular complexity index is 683. The van der Waals surface area contributed by atoms with Gasteiger partial charge in [0.15, 0.2) is 5.65 Å². The highest BCUT2D eigenvalue weighted by molar-refractivity contribution is 6.30. The largest absolute Gasteiger partial charge is 0.341 e. The molecule has 1 fully saturated rings. The van der Waals surface area contributed by atoms with Crippen molar-refractivity contribution in [1.29, 1.82) is 0 Å². The molecule has 1 N–H and O–H groups in total. The van der Waals surface area contributed by atoms with Crippen molar-refractivity contribution in [3.05, 3.63) is 23.4 Å². The number of halogens is 1. The number of fused-ring (bicyclic) bond motifs is 1. The van der Waals surface area contributed by atoms with Crippen molar-refractivity contribution < 1.29 is 9.59 Å². The molecule has 0 aromatic carbocycles. The van der Waals surface area contributed by atoms with Crippen LogP contribution in [0.15, 0.2) is 18.3 Å². The summed E-state index contributed by atoms with van der Waals surface area (Å²) in [4.78, 5) is 28.5. The number of carbonyl (C=O) groups is 2. The number of hydrogen-bond acceptors (Lipinski definition) is 5. The fourth-order valence-corrected chi connectivity index (χ4v) is 2.10. The molecule has 0 saturated carbocycles. The molecule has 2 amide bonds. The standard InChI is InChI=1S/C11H10ClN5O2/c1-16-9(18)4-7(10(16)19)13-11-14-8-3-2-6(12)5-17(8)15-11/h2-3,5,7H,4H2,1H3,(H,13,15). The second-order valence-electron chi connectivity index (χ2n) is 4.28. The Balaban J connectivity index is 1.86. The number of aromatic nitrogens is 3. The minimum atomic E-state index is -0.606. The number of likely N-dealkylation sites (N-methyl/N-ethyl adjacent to an activating group) is 1. The van der Waals surface area contributed by atoms with E-state index in [-0.39, 0.29) is 18.2 Å². The van der Waals surface area contributed by atoms with Crippen LogP contribution in [0.5, 0.6) is 0 Å². The second kappa shape index (κ2) is 4.20. The number of pyridine rings is 1. The molecule has 1 aliphatic heterocycles. The molecule has 0 radical (unpaired) electrons. The normalized spacial score (nSPS) is 19.5. The Morgan fingerprint density at radius 1 is 1.42 bits per heavy atom. The highest BCUT2D eigenvalue weighted by Crippen LogP contribution is 2.16. The summed E-state index contributed by atoms with van der Waals surface area (Å²) in [5.74, 6) is -0.195. The first kappa shape index (κ1) is 11.9. The van der Waals surface area contributed by atoms with Gasteiger partial charge in [-0.05, 0) is 12.1 Å². The van der Waals surface area contributed by atoms with Gasteiger partial charge in [0.25, 0.3) is 5.91 Å². The molecule has 0 aliphatic carbocycles. The van der Waals surface area contributed by atoms with E-state index in [1.807, 2.05) is 0 Å². The Morgan fingerprint density at radius 3 is 2.89 bits per heavy atom. The van der Waals surface area contributed by atoms with Crippen LogP contribution in [0.2, 0.25) is 5.02 Å². The molecule has 2 aromatic rings. The lowest BCUT2D eigenvalue weighted by Gasteiger charge is -2.08. The number of nitrogens with one attached hydrogen (secondary N) is 1. The predicted molar refractivity (Wildman–Crippen MR) is 67.8 cm³/mol. The van der Waals surface area contributed by atoms with Crippen molar-refractivity contribution >= 4 is 35.0 Å². The van der Waals surface area contributed by atoms with Crippen molar-refractivity contribution in [2.24, 2.45) is 0 Å². The maximum Gasteiger partial charge on any atom is 0.252 e. The number of imide groups is 1. The lowest BCUT2D eigenvalue weighted by molar-refractivity contribution is -0.136. The minimum Gasteiger partial charge on any atom is -0.341 e. The Morgan fingerprint density at radius 2 is 2.21 bits per heavy atom. The van der Waals surface area contributed by atoms with Gasteiger partial charge in [0.2, 0.25) is 11.9 Å². The molecule has 3 heterocycles. The summed E-state index contributed by atoms with van der Waals surface area (Å²) in [5.41, 5.74) is 0.608. The highest BCUT2D eigenvalue weighted by Gasteiger charge is 2.36. The van der Waals surface area contributed by atoms with Gasteiger partial charge in [-0.2, -0.15) is 4.98 Å². The van der Waals surface area contributed by atoms with Gasteiger partial charge in [-0.15, -0.1) is 5.10 Å². The molecule has 98 valence electrons. The molecule has 8 heteroatoms. The fraction of sp³-hybridized carbons (Fsp3) is 0.273. The SMILES string of the molecule is CN1C(=O)CC(Nc2nc3ccc(Cl)cn3n2)C1=O. The third-order valence-electron chi connectivity index (χ3n) is 2.98. The van der Waals surface area contributed by atoms with Crippen LogP contribution in [0.1, 0.15) is 6.42 Å². The number of anilines is 1. The molecule has 1 unspecified atom stereocenters. The topological polar surface area (TPSA) is 79.6 Å². The maximum absolute atomic E-state index is 11.7. The van der Waals surface area contributed by atoms with E-state index < -0.39 is 6.04 Å². The van der Waals surface area contributed by atoms with Crippen LogP contribution in [-0.4, -0.2) is 44.4 Å². The van der Waals surface area contributed by atoms with E-state index in [9.17, 15) is 9.59 Å². The van der Waals surface area contributed by atoms with Crippen LogP contribution >= 0.6 is 11.6 Å². The van der Waals surface area contributed by atoms with Crippen molar-refractivity contribution in [2.75, 3.05) is 12.4 Å². The average Bonchev–Trinajstić information content (AvgIpc) is 2.86. The molecular formula is C11H10ClN5O2. The van der Waals surface area contributed by atoms with E-state index in [4.69, 9.17) is 11.6 Å². The summed E-state index contributed by atoms with van der Waals surface area (Å²) in [7, 11) is 1.46. The van der Waals surface area contributed by atoms with Gasteiger partial charge in [-0.25, -0.2) is 4.52 Å². The summed E-state index contributed by atoms with van der Waals surface area (Å²) < 4.78 is 1.51. The lowest BCUT2D eigenvalue weighted by Crippen LogP contribution is -2.32. The lowest BCUT2D eigenvalue weighted by atomic mass is 10.2. The Kier molecular flexibility index (Phi) is 2.63. The number of rotatable bonds is 2. The molecule has 19 heavy (non-hydrogen) atoms. The number of amides is 2. The zero-order valence-electron chi connectivity index (χ0n) is 10.00. The van der Waals surface area contributed by atoms with Gasteiger partial charge in [-0.3, -0.25) is 14.5 Å². The van der Waals surface area contributed by atoms with Gasteiger partial charge in [-0.1, -0.05) is 11.6 Å². The first-order chi connectivity index (χ1) is 9.04. The summed E-state index contributed by atoms with van der Waals surface area (Å²) in [5, 5.41) is 7.55. The number of hydrogen-bond donors (Lipinski definition) is 1. The van der Waals surface area contributed by atoms with Crippen LogP contribution in [-0.2, 0) is 9.59 Å². The zero-order valence-corrected chi connectivity index (χ0v) is 10.8. The minimum absolute atomic E-state index is 0.117. The molecule has 0 bridgehead atoms. The van der Waals surface area contributed by atoms with E-state index in [2.05, 4.69) is 15.4 Å². The third-order valence-corrected chi connectivity index (χ3v) is 3.20. The number of carbonyl (C=O) groups excluding carboxylic acids is 2. The van der Waals surface area contributed by atoms with E-state index in [1.54, 1.807) is 18.3 Å². The summed E-state index contributed by atoms with van der Waals surface area (Å²) in [6.07, 6.45) is 1.73. The van der Waals surface area contributed by atoms with Gasteiger partial charge in [0, 0.05) is 13.2 Å². The Labute approximate surface area is 113 Å². The Hall–Kier alpha value is -2.15. The van der Waals surface area contributed by atoms with Crippen molar-refractivity contribution in [1.82, 2.24) is 19.5 Å². The van der Waals surface area contributed by atoms with Crippen LogP contribution in [0.3, 0.4) is 0 Å². The monoisotopic (exact) mass is 279 g/mol. The van der Waals surface area contributed by atoms with Crippen LogP contribution < -0.4 is 5.32 Å². The average molecular weight is 280 g/mol. The van der Waals surface area contributed by atoms with Crippen molar-refractivity contribution in [2.45, 2.75) is 12.5 Å². The molecule has 1 aliphatic rings. The van der Waals surface area contributed by atoms with Gasteiger partial charge >= 0.3 is 0 Å². The van der Waals surface area contributed by atoms with Gasteiger partial charge < -0.3 is 5.32 Å². The van der Waals surface area contributed by atoms with Crippen LogP contribution in [0.4, 0.5) is 5.95 Å². The van der Waals surface area contributed by atoms with Crippen LogP contribution in [0.25, 0.3) is 5.65 Å². The van der Waals surface area contributed by atoms with E-state index >= 15 is 0 Å². The van der Waals surface area contributed by atoms with E-state index in [1.165, 1.54) is 11.6 Å². The first-order valence-electron chi connectivity index (χ1n) is 5.63. The summed E-state index contributed by atoms with van der Waals surface area (Å²) >= 11 is 5.85. The summed E-state index contributed by atoms with van der Waals surface area (Å²) in [6, 6.07) is 2.81. The molecule has 2 aromatic heterocycles. The molecular weight excluding hydrogens is 270 g/mol. The highest BCUT2D eigenvalue weighted by atomic mass is 35.5. The molecule has 1 saturated heterocycles. The number of nitrogens with zero attached hydrogens (tertiary/aromatic N) is 4. The van der Waals surface area contributed by atoms with Gasteiger partial charge in [0.1, 0.15) is 6.04 Å². The predicted octanol–water partition coefficient (Wildman–Crippen LogP) is 0.552. The van der Waals surface area contributed by atoms with E-state index in [0.717, 1.165) is 4.90 Å². The summed E-state index contributed by atoms with van der Waals surface area (Å²) in [6.45, 7) is 0. The van der Waals surface area contributed by atoms with Gasteiger partial charge in [0.05, 0.1) is 11.4 Å². The van der Waals surface area contributed by atoms with Crippen molar-refractivity contribution in [3.63, 3.8) is 0 Å². The first-order valence-corrected chi connectivity index (χ1v) is 6.01. The van der Waals surface area contributed by atoms with Crippen LogP contribution in [0, 0.1) is 0 Å². The molecule has 7 nitrogen and oxygen atoms in total. The smallest absolute Gasteiger partial charge is 0.252 e. The van der Waals surface area contributed by atoms with E-state index in [0.29, 0.717) is 16.6 Å². The molecule has 1 atom stereocenters. The fourth-order valence-electron chi connectivity index (χ4n) is 1.94.